The lowest BCUT2D eigenvalue weighted by atomic mass is 10.3. The molecular weight excluding hydrogens is 202 g/mol. The van der Waals surface area contributed by atoms with Crippen LogP contribution in [0.1, 0.15) is 0 Å². The first-order chi connectivity index (χ1) is 6.11. The second-order valence-electron chi connectivity index (χ2n) is 2.15. The Morgan fingerprint density at radius 3 is 2.54 bits per heavy atom. The Balaban J connectivity index is 2.75. The van der Waals surface area contributed by atoms with Crippen LogP contribution in [0.2, 0.25) is 5.02 Å². The monoisotopic (exact) mass is 206 g/mol. The topological polar surface area (TPSA) is 26.3 Å². The number of hydrogen-bond acceptors (Lipinski definition) is 2. The third kappa shape index (κ3) is 2.66. The number of benzene rings is 1. The Kier molecular flexibility index (Phi) is 3.19. The summed E-state index contributed by atoms with van der Waals surface area (Å²) in [5, 5.41) is 0.122. The van der Waals surface area contributed by atoms with Gasteiger partial charge in [-0.25, -0.2) is 4.79 Å². The van der Waals surface area contributed by atoms with Crippen molar-refractivity contribution in [1.29, 1.82) is 0 Å². The molecule has 5 heteroatoms. The van der Waals surface area contributed by atoms with Crippen molar-refractivity contribution in [3.8, 4) is 5.75 Å². The number of esters is 1. The second kappa shape index (κ2) is 4.18. The van der Waals surface area contributed by atoms with Crippen LogP contribution in [0.5, 0.6) is 5.75 Å². The molecule has 2 nitrogen and oxygen atoms in total. The molecule has 0 spiro atoms. The van der Waals surface area contributed by atoms with E-state index in [1.54, 1.807) is 6.07 Å². The molecule has 0 aliphatic carbocycles. The minimum Gasteiger partial charge on any atom is -0.421 e. The highest BCUT2D eigenvalue weighted by atomic mass is 35.5. The van der Waals surface area contributed by atoms with Gasteiger partial charge in [-0.05, 0) is 12.1 Å². The predicted octanol–water partition coefficient (Wildman–Crippen LogP) is 2.51. The number of carbonyl (C=O) groups excluding carboxylic acids is 1. The molecule has 0 aliphatic heterocycles. The third-order valence-electron chi connectivity index (χ3n) is 1.23. The highest BCUT2D eigenvalue weighted by Crippen LogP contribution is 2.23. The van der Waals surface area contributed by atoms with E-state index in [4.69, 9.17) is 11.6 Å². The summed E-state index contributed by atoms with van der Waals surface area (Å²) in [6, 6.07) is 5.90. The fraction of sp³-hybridized carbons (Fsp3) is 0.125. The van der Waals surface area contributed by atoms with E-state index in [1.807, 2.05) is 0 Å². The third-order valence-corrected chi connectivity index (χ3v) is 1.54. The van der Waals surface area contributed by atoms with Crippen molar-refractivity contribution in [2.24, 2.45) is 0 Å². The van der Waals surface area contributed by atoms with E-state index in [-0.39, 0.29) is 10.8 Å². The summed E-state index contributed by atoms with van der Waals surface area (Å²) in [5.74, 6) is -1.66. The lowest BCUT2D eigenvalue weighted by molar-refractivity contribution is -0.146. The molecule has 0 amide bonds. The quantitative estimate of drug-likeness (QED) is 0.549. The second-order valence-corrected chi connectivity index (χ2v) is 2.56. The molecule has 0 bridgehead atoms. The largest absolute Gasteiger partial charge is 0.421 e. The van der Waals surface area contributed by atoms with E-state index in [9.17, 15) is 13.6 Å². The Morgan fingerprint density at radius 2 is 2.00 bits per heavy atom. The van der Waals surface area contributed by atoms with Gasteiger partial charge in [-0.2, -0.15) is 8.78 Å². The van der Waals surface area contributed by atoms with Gasteiger partial charge in [0.2, 0.25) is 0 Å². The summed E-state index contributed by atoms with van der Waals surface area (Å²) < 4.78 is 27.7. The van der Waals surface area contributed by atoms with Crippen molar-refractivity contribution < 1.29 is 18.3 Å². The molecule has 1 rings (SSSR count). The molecule has 0 heterocycles. The van der Waals surface area contributed by atoms with E-state index < -0.39 is 12.4 Å². The van der Waals surface area contributed by atoms with Crippen molar-refractivity contribution in [1.82, 2.24) is 0 Å². The van der Waals surface area contributed by atoms with E-state index in [1.165, 1.54) is 18.2 Å². The lowest BCUT2D eigenvalue weighted by Crippen LogP contribution is -2.17. The van der Waals surface area contributed by atoms with Crippen molar-refractivity contribution in [3.05, 3.63) is 29.3 Å². The van der Waals surface area contributed by atoms with Crippen molar-refractivity contribution in [2.75, 3.05) is 0 Å². The van der Waals surface area contributed by atoms with Gasteiger partial charge in [-0.15, -0.1) is 0 Å². The van der Waals surface area contributed by atoms with Crippen molar-refractivity contribution >= 4 is 17.6 Å². The van der Waals surface area contributed by atoms with Crippen LogP contribution >= 0.6 is 11.6 Å². The molecule has 1 aromatic carbocycles. The average molecular weight is 207 g/mol. The predicted molar refractivity (Wildman–Crippen MR) is 43.1 cm³/mol. The standard InChI is InChI=1S/C8H5ClF2O2/c9-5-3-1-2-4-6(5)13-8(12)7(10)11/h1-4,7H. The minimum absolute atomic E-state index is 0.0607. The SMILES string of the molecule is O=C(Oc1ccccc1Cl)C(F)F. The summed E-state index contributed by atoms with van der Waals surface area (Å²) >= 11 is 5.55. The van der Waals surface area contributed by atoms with Crippen LogP contribution in [0.3, 0.4) is 0 Å². The van der Waals surface area contributed by atoms with Gasteiger partial charge < -0.3 is 4.74 Å². The van der Waals surface area contributed by atoms with Crippen LogP contribution in [-0.4, -0.2) is 12.4 Å². The summed E-state index contributed by atoms with van der Waals surface area (Å²) in [5.41, 5.74) is 0. The van der Waals surface area contributed by atoms with Crippen LogP contribution in [0.4, 0.5) is 8.78 Å². The first-order valence-corrected chi connectivity index (χ1v) is 3.73. The molecule has 70 valence electrons. The number of alkyl halides is 2. The average Bonchev–Trinajstić information content (AvgIpc) is 2.08. The van der Waals surface area contributed by atoms with Gasteiger partial charge in [-0.3, -0.25) is 0 Å². The molecule has 0 saturated carbocycles. The smallest absolute Gasteiger partial charge is 0.379 e. The van der Waals surface area contributed by atoms with Gasteiger partial charge in [-0.1, -0.05) is 23.7 Å². The molecule has 0 aromatic heterocycles. The maximum absolute atomic E-state index is 11.7. The summed E-state index contributed by atoms with van der Waals surface area (Å²) in [6.45, 7) is 0. The number of ether oxygens (including phenoxy) is 1. The van der Waals surface area contributed by atoms with Gasteiger partial charge in [0.25, 0.3) is 0 Å². The van der Waals surface area contributed by atoms with Crippen LogP contribution in [0.15, 0.2) is 24.3 Å². The normalized spacial score (nSPS) is 10.2. The highest BCUT2D eigenvalue weighted by Gasteiger charge is 2.18. The lowest BCUT2D eigenvalue weighted by Gasteiger charge is -2.03. The van der Waals surface area contributed by atoms with Crippen LogP contribution < -0.4 is 4.74 Å². The first-order valence-electron chi connectivity index (χ1n) is 3.35. The minimum atomic E-state index is -3.14. The van der Waals surface area contributed by atoms with Crippen LogP contribution in [0.25, 0.3) is 0 Å². The Labute approximate surface area is 78.1 Å². The van der Waals surface area contributed by atoms with Gasteiger partial charge in [0.1, 0.15) is 5.75 Å². The molecule has 0 fully saturated rings. The zero-order chi connectivity index (χ0) is 9.84. The number of rotatable bonds is 2. The number of halogens is 3. The molecule has 1 aromatic rings. The zero-order valence-electron chi connectivity index (χ0n) is 6.34. The molecule has 13 heavy (non-hydrogen) atoms. The summed E-state index contributed by atoms with van der Waals surface area (Å²) in [4.78, 5) is 10.4. The fourth-order valence-electron chi connectivity index (χ4n) is 0.680. The number of hydrogen-bond donors (Lipinski definition) is 0. The number of para-hydroxylation sites is 1. The van der Waals surface area contributed by atoms with E-state index in [2.05, 4.69) is 4.74 Å². The Bertz CT molecular complexity index is 315. The zero-order valence-corrected chi connectivity index (χ0v) is 7.09. The van der Waals surface area contributed by atoms with Gasteiger partial charge in [0, 0.05) is 0 Å². The first kappa shape index (κ1) is 9.92. The molecule has 0 saturated heterocycles. The molecule has 0 N–H and O–H groups in total. The maximum Gasteiger partial charge on any atom is 0.379 e. The maximum atomic E-state index is 11.7. The molecular formula is C8H5ClF2O2. The van der Waals surface area contributed by atoms with Gasteiger partial charge >= 0.3 is 12.4 Å². The van der Waals surface area contributed by atoms with Crippen LogP contribution in [0, 0.1) is 0 Å². The Morgan fingerprint density at radius 1 is 1.38 bits per heavy atom. The van der Waals surface area contributed by atoms with Gasteiger partial charge in [0.15, 0.2) is 0 Å². The van der Waals surface area contributed by atoms with E-state index in [0.717, 1.165) is 0 Å². The summed E-state index contributed by atoms with van der Waals surface area (Å²) in [6.07, 6.45) is -3.14. The van der Waals surface area contributed by atoms with Crippen molar-refractivity contribution in [2.45, 2.75) is 6.43 Å². The van der Waals surface area contributed by atoms with Gasteiger partial charge in [0.05, 0.1) is 5.02 Å². The fourth-order valence-corrected chi connectivity index (χ4v) is 0.855. The van der Waals surface area contributed by atoms with E-state index in [0.29, 0.717) is 0 Å². The summed E-state index contributed by atoms with van der Waals surface area (Å²) in [7, 11) is 0. The highest BCUT2D eigenvalue weighted by molar-refractivity contribution is 6.32. The number of carbonyl (C=O) groups is 1. The molecule has 0 unspecified atom stereocenters. The van der Waals surface area contributed by atoms with Crippen LogP contribution in [-0.2, 0) is 4.79 Å². The molecule has 0 radical (unpaired) electrons. The Hall–Kier alpha value is -1.16. The molecule has 0 aliphatic rings. The van der Waals surface area contributed by atoms with Crippen molar-refractivity contribution in [3.63, 3.8) is 0 Å². The van der Waals surface area contributed by atoms with E-state index >= 15 is 0 Å². The molecule has 0 atom stereocenters.